The van der Waals surface area contributed by atoms with E-state index in [1.165, 1.54) is 173 Å². The molecule has 206 valence electrons. The van der Waals surface area contributed by atoms with Crippen molar-refractivity contribution in [2.45, 2.75) is 207 Å². The lowest BCUT2D eigenvalue weighted by Crippen LogP contribution is -2.11. The van der Waals surface area contributed by atoms with Crippen LogP contribution >= 0.6 is 0 Å². The maximum absolute atomic E-state index is 2.35. The van der Waals surface area contributed by atoms with E-state index in [0.29, 0.717) is 0 Å². The number of hydrogen-bond donors (Lipinski definition) is 0. The molecule has 0 bridgehead atoms. The fourth-order valence-electron chi connectivity index (χ4n) is 5.91. The third-order valence-electron chi connectivity index (χ3n) is 8.28. The molecule has 0 nitrogen and oxygen atoms in total. The van der Waals surface area contributed by atoms with Crippen LogP contribution in [0.1, 0.15) is 207 Å². The van der Waals surface area contributed by atoms with Gasteiger partial charge in [0.1, 0.15) is 0 Å². The highest BCUT2D eigenvalue weighted by molar-refractivity contribution is 4.69. The molecule has 0 aromatic rings. The van der Waals surface area contributed by atoms with E-state index in [9.17, 15) is 0 Å². The molecule has 0 rings (SSSR count). The summed E-state index contributed by atoms with van der Waals surface area (Å²) in [6, 6.07) is 0. The Hall–Kier alpha value is 0. The largest absolute Gasteiger partial charge is 0.0654 e. The summed E-state index contributed by atoms with van der Waals surface area (Å²) >= 11 is 0. The van der Waals surface area contributed by atoms with Gasteiger partial charge >= 0.3 is 0 Å². The first-order valence-corrected chi connectivity index (χ1v) is 16.8. The molecule has 0 aromatic carbocycles. The zero-order chi connectivity index (χ0) is 25.0. The Morgan fingerprint density at radius 2 is 0.471 bits per heavy atom. The molecule has 0 amide bonds. The minimum Gasteiger partial charge on any atom is -0.0654 e. The molecule has 0 saturated heterocycles. The van der Waals surface area contributed by atoms with Crippen LogP contribution in [-0.2, 0) is 0 Å². The second kappa shape index (κ2) is 29.2. The van der Waals surface area contributed by atoms with Gasteiger partial charge in [-0.05, 0) is 18.3 Å². The van der Waals surface area contributed by atoms with Crippen molar-refractivity contribution in [2.75, 3.05) is 0 Å². The monoisotopic (exact) mass is 479 g/mol. The van der Waals surface area contributed by atoms with E-state index in [-0.39, 0.29) is 0 Å². The van der Waals surface area contributed by atoms with Crippen LogP contribution in [0.15, 0.2) is 0 Å². The summed E-state index contributed by atoms with van der Waals surface area (Å²) in [5.41, 5.74) is 0. The smallest absolute Gasteiger partial charge is 0.0412 e. The Labute approximate surface area is 219 Å². The predicted molar refractivity (Wildman–Crippen MR) is 159 cm³/mol. The van der Waals surface area contributed by atoms with Gasteiger partial charge in [-0.15, -0.1) is 0 Å². The molecule has 0 heteroatoms. The molecule has 0 aliphatic rings. The lowest BCUT2D eigenvalue weighted by Gasteiger charge is -2.24. The summed E-state index contributed by atoms with van der Waals surface area (Å²) in [4.78, 5) is 0. The highest BCUT2D eigenvalue weighted by Gasteiger charge is 2.16. The molecule has 0 fully saturated rings. The van der Waals surface area contributed by atoms with Crippen LogP contribution in [0.25, 0.3) is 0 Å². The highest BCUT2D eigenvalue weighted by atomic mass is 14.2. The van der Waals surface area contributed by atoms with Crippen LogP contribution < -0.4 is 0 Å². The van der Waals surface area contributed by atoms with E-state index < -0.39 is 0 Å². The van der Waals surface area contributed by atoms with Crippen molar-refractivity contribution in [2.24, 2.45) is 11.8 Å². The van der Waals surface area contributed by atoms with Gasteiger partial charge in [-0.3, -0.25) is 0 Å². The lowest BCUT2D eigenvalue weighted by atomic mass is 9.82. The van der Waals surface area contributed by atoms with Crippen LogP contribution in [0.3, 0.4) is 0 Å². The van der Waals surface area contributed by atoms with E-state index in [2.05, 4.69) is 27.7 Å². The third kappa shape index (κ3) is 25.1. The van der Waals surface area contributed by atoms with E-state index in [1.807, 2.05) is 0 Å². The van der Waals surface area contributed by atoms with Crippen LogP contribution in [0, 0.1) is 11.8 Å². The van der Waals surface area contributed by atoms with Crippen molar-refractivity contribution in [1.29, 1.82) is 0 Å². The molecule has 34 heavy (non-hydrogen) atoms. The molecule has 0 radical (unpaired) electrons. The Bertz CT molecular complexity index is 346. The van der Waals surface area contributed by atoms with Gasteiger partial charge in [0.25, 0.3) is 0 Å². The summed E-state index contributed by atoms with van der Waals surface area (Å²) in [6.07, 6.45) is 41.3. The van der Waals surface area contributed by atoms with Crippen LogP contribution in [0.5, 0.6) is 0 Å². The summed E-state index contributed by atoms with van der Waals surface area (Å²) in [5, 5.41) is 0. The molecule has 0 aromatic heterocycles. The Balaban J connectivity index is 4.52. The summed E-state index contributed by atoms with van der Waals surface area (Å²) in [5.74, 6) is 2.05. The van der Waals surface area contributed by atoms with E-state index in [4.69, 9.17) is 0 Å². The quantitative estimate of drug-likeness (QED) is 0.0937. The van der Waals surface area contributed by atoms with Gasteiger partial charge < -0.3 is 0 Å². The molecular weight excluding hydrogens is 408 g/mol. The van der Waals surface area contributed by atoms with Crippen molar-refractivity contribution in [1.82, 2.24) is 0 Å². The van der Waals surface area contributed by atoms with E-state index in [1.54, 1.807) is 6.42 Å². The van der Waals surface area contributed by atoms with Crippen LogP contribution in [0.4, 0.5) is 0 Å². The van der Waals surface area contributed by atoms with Crippen molar-refractivity contribution in [3.05, 3.63) is 0 Å². The predicted octanol–water partition coefficient (Wildman–Crippen LogP) is 13.2. The zero-order valence-corrected chi connectivity index (χ0v) is 25.0. The summed E-state index contributed by atoms with van der Waals surface area (Å²) in [6.45, 7) is 9.35. The molecule has 0 aliphatic heterocycles. The first-order chi connectivity index (χ1) is 16.8. The van der Waals surface area contributed by atoms with Gasteiger partial charge in [-0.1, -0.05) is 201 Å². The minimum absolute atomic E-state index is 1.03. The molecule has 0 heterocycles. The molecule has 2 unspecified atom stereocenters. The number of hydrogen-bond acceptors (Lipinski definition) is 0. The second-order valence-electron chi connectivity index (χ2n) is 11.8. The van der Waals surface area contributed by atoms with Gasteiger partial charge in [0.2, 0.25) is 0 Å². The number of unbranched alkanes of at least 4 members (excludes halogenated alkanes) is 19. The van der Waals surface area contributed by atoms with Crippen molar-refractivity contribution >= 4 is 0 Å². The highest BCUT2D eigenvalue weighted by Crippen LogP contribution is 2.31. The van der Waals surface area contributed by atoms with Crippen molar-refractivity contribution in [3.8, 4) is 0 Å². The molecule has 0 spiro atoms. The SMILES string of the molecule is CCCCCCCCCC(CCCCCCCC)CC(CCCCCC)CCCCCCCC. The average Bonchev–Trinajstić information content (AvgIpc) is 2.84. The topological polar surface area (TPSA) is 0 Å². The Morgan fingerprint density at radius 3 is 0.735 bits per heavy atom. The first-order valence-electron chi connectivity index (χ1n) is 16.8. The fourth-order valence-corrected chi connectivity index (χ4v) is 5.91. The van der Waals surface area contributed by atoms with E-state index >= 15 is 0 Å². The van der Waals surface area contributed by atoms with Gasteiger partial charge in [0, 0.05) is 0 Å². The molecule has 0 aliphatic carbocycles. The molecular formula is C34H70. The van der Waals surface area contributed by atoms with E-state index in [0.717, 1.165) is 11.8 Å². The van der Waals surface area contributed by atoms with Gasteiger partial charge in [0.05, 0.1) is 0 Å². The maximum Gasteiger partial charge on any atom is -0.0412 e. The lowest BCUT2D eigenvalue weighted by molar-refractivity contribution is 0.282. The normalized spacial score (nSPS) is 13.4. The summed E-state index contributed by atoms with van der Waals surface area (Å²) < 4.78 is 0. The molecule has 2 atom stereocenters. The molecule has 0 N–H and O–H groups in total. The second-order valence-corrected chi connectivity index (χ2v) is 11.8. The number of rotatable bonds is 29. The first kappa shape index (κ1) is 34.0. The van der Waals surface area contributed by atoms with Crippen LogP contribution in [-0.4, -0.2) is 0 Å². The summed E-state index contributed by atoms with van der Waals surface area (Å²) in [7, 11) is 0. The van der Waals surface area contributed by atoms with Gasteiger partial charge in [-0.25, -0.2) is 0 Å². The maximum atomic E-state index is 2.35. The Kier molecular flexibility index (Phi) is 29.2. The van der Waals surface area contributed by atoms with Crippen molar-refractivity contribution < 1.29 is 0 Å². The zero-order valence-electron chi connectivity index (χ0n) is 25.0. The van der Waals surface area contributed by atoms with Gasteiger partial charge in [-0.2, -0.15) is 0 Å². The standard InChI is InChI=1S/C34H70/c1-5-9-13-17-20-23-27-31-34(30-26-22-19-15-11-7-3)32-33(28-24-16-12-8-4)29-25-21-18-14-10-6-2/h33-34H,5-32H2,1-4H3. The third-order valence-corrected chi connectivity index (χ3v) is 8.28. The van der Waals surface area contributed by atoms with Crippen molar-refractivity contribution in [3.63, 3.8) is 0 Å². The Morgan fingerprint density at radius 1 is 0.265 bits per heavy atom. The average molecular weight is 479 g/mol. The minimum atomic E-state index is 1.03. The molecule has 0 saturated carbocycles. The van der Waals surface area contributed by atoms with Crippen LogP contribution in [0.2, 0.25) is 0 Å². The fraction of sp³-hybridized carbons (Fsp3) is 1.00. The van der Waals surface area contributed by atoms with Gasteiger partial charge in [0.15, 0.2) is 0 Å².